The van der Waals surface area contributed by atoms with Crippen molar-refractivity contribution in [3.05, 3.63) is 0 Å². The number of hydrogen-bond acceptors (Lipinski definition) is 28. The average molecular weight is 985 g/mol. The average Bonchev–Trinajstić information content (AvgIpc) is 3.29. The van der Waals surface area contributed by atoms with Gasteiger partial charge in [0.2, 0.25) is 0 Å². The number of carboxylic acid groups (broad SMARTS) is 1. The number of aliphatic carboxylic acids is 1. The van der Waals surface area contributed by atoms with Crippen LogP contribution in [0.2, 0.25) is 0 Å². The number of methoxy groups -OCH3 is 2. The SMILES string of the molecule is COC1OC(CO)C(O)[C@H](OC2OC(C(=O)O)C(OC3OC(C)C(O)C(O)[C@@H]3OC3OC(CO)C(O)C(OC4OC(C)C(OC)C(O)[C@@H]4O)[C@@H]3O)[C@H](O)C2O)C1OC1OC(C)C(O)C(O)[C@@H]1O. The summed E-state index contributed by atoms with van der Waals surface area (Å²) in [5, 5.41) is 162. The van der Waals surface area contributed by atoms with E-state index in [1.807, 2.05) is 0 Å². The monoisotopic (exact) mass is 984 g/mol. The first-order valence-electron chi connectivity index (χ1n) is 21.5. The van der Waals surface area contributed by atoms with E-state index in [4.69, 9.17) is 61.6 Å². The number of carboxylic acids is 1. The maximum absolute atomic E-state index is 12.8. The van der Waals surface area contributed by atoms with Crippen molar-refractivity contribution >= 4 is 5.97 Å². The Morgan fingerprint density at radius 2 is 0.776 bits per heavy atom. The van der Waals surface area contributed by atoms with Gasteiger partial charge in [0.25, 0.3) is 0 Å². The lowest BCUT2D eigenvalue weighted by atomic mass is 9.95. The van der Waals surface area contributed by atoms with Crippen LogP contribution in [0.4, 0.5) is 0 Å². The molecule has 0 saturated carbocycles. The number of rotatable bonds is 15. The van der Waals surface area contributed by atoms with E-state index >= 15 is 0 Å². The highest BCUT2D eigenvalue weighted by atomic mass is 16.8. The lowest BCUT2D eigenvalue weighted by molar-refractivity contribution is -0.402. The Labute approximate surface area is 381 Å². The van der Waals surface area contributed by atoms with Crippen LogP contribution in [0.3, 0.4) is 0 Å². The van der Waals surface area contributed by atoms with Crippen molar-refractivity contribution in [1.82, 2.24) is 0 Å². The Balaban J connectivity index is 1.22. The van der Waals surface area contributed by atoms with E-state index in [-0.39, 0.29) is 0 Å². The fourth-order valence-electron chi connectivity index (χ4n) is 8.76. The minimum atomic E-state index is -2.33. The maximum Gasteiger partial charge on any atom is 0.335 e. The molecule has 6 aliphatic heterocycles. The van der Waals surface area contributed by atoms with Gasteiger partial charge >= 0.3 is 5.97 Å². The van der Waals surface area contributed by atoms with E-state index in [0.29, 0.717) is 0 Å². The van der Waals surface area contributed by atoms with E-state index in [9.17, 15) is 81.4 Å². The van der Waals surface area contributed by atoms with Gasteiger partial charge in [-0.2, -0.15) is 0 Å². The third-order valence-electron chi connectivity index (χ3n) is 12.7. The van der Waals surface area contributed by atoms with Crippen LogP contribution in [0.15, 0.2) is 0 Å². The number of aliphatic hydroxyl groups excluding tert-OH is 14. The summed E-state index contributed by atoms with van der Waals surface area (Å²) in [7, 11) is 2.38. The molecule has 0 aromatic heterocycles. The van der Waals surface area contributed by atoms with Gasteiger partial charge in [0.1, 0.15) is 122 Å². The molecule has 0 bridgehead atoms. The van der Waals surface area contributed by atoms with Crippen LogP contribution in [0.5, 0.6) is 0 Å². The molecule has 24 unspecified atom stereocenters. The highest BCUT2D eigenvalue weighted by Crippen LogP contribution is 2.37. The van der Waals surface area contributed by atoms with Crippen molar-refractivity contribution in [3.8, 4) is 0 Å². The van der Waals surface area contributed by atoms with E-state index in [1.165, 1.54) is 27.9 Å². The van der Waals surface area contributed by atoms with Gasteiger partial charge in [0.15, 0.2) is 43.8 Å². The summed E-state index contributed by atoms with van der Waals surface area (Å²) in [5.74, 6) is -1.86. The van der Waals surface area contributed by atoms with Crippen molar-refractivity contribution in [3.63, 3.8) is 0 Å². The van der Waals surface area contributed by atoms with Gasteiger partial charge in [0.05, 0.1) is 31.5 Å². The molecule has 0 aromatic rings. The zero-order chi connectivity index (χ0) is 49.5. The van der Waals surface area contributed by atoms with Crippen molar-refractivity contribution < 1.29 is 143 Å². The summed E-state index contributed by atoms with van der Waals surface area (Å²) in [6.45, 7) is 2.30. The fourth-order valence-corrected chi connectivity index (χ4v) is 8.76. The van der Waals surface area contributed by atoms with Gasteiger partial charge in [-0.15, -0.1) is 0 Å². The molecule has 390 valence electrons. The van der Waals surface area contributed by atoms with Gasteiger partial charge in [0, 0.05) is 14.2 Å². The predicted octanol–water partition coefficient (Wildman–Crippen LogP) is -9.62. The molecule has 0 aromatic carbocycles. The van der Waals surface area contributed by atoms with Crippen molar-refractivity contribution in [2.24, 2.45) is 0 Å². The first-order chi connectivity index (χ1) is 31.6. The Morgan fingerprint density at radius 1 is 0.373 bits per heavy atom. The second kappa shape index (κ2) is 22.9. The molecule has 29 nitrogen and oxygen atoms in total. The molecule has 6 rings (SSSR count). The highest BCUT2D eigenvalue weighted by Gasteiger charge is 2.58. The van der Waals surface area contributed by atoms with Gasteiger partial charge in [-0.1, -0.05) is 0 Å². The molecular formula is C38H64O29. The number of aliphatic hydroxyl groups is 14. The van der Waals surface area contributed by atoms with Gasteiger partial charge in [-0.05, 0) is 20.8 Å². The van der Waals surface area contributed by atoms with Crippen molar-refractivity contribution in [1.29, 1.82) is 0 Å². The smallest absolute Gasteiger partial charge is 0.335 e. The zero-order valence-electron chi connectivity index (χ0n) is 36.7. The molecule has 0 aliphatic carbocycles. The van der Waals surface area contributed by atoms with Gasteiger partial charge in [-0.3, -0.25) is 0 Å². The second-order valence-corrected chi connectivity index (χ2v) is 17.2. The minimum Gasteiger partial charge on any atom is -0.479 e. The first-order valence-corrected chi connectivity index (χ1v) is 21.5. The molecule has 15 N–H and O–H groups in total. The molecular weight excluding hydrogens is 920 g/mol. The van der Waals surface area contributed by atoms with Crippen LogP contribution in [0.25, 0.3) is 0 Å². The molecule has 6 aliphatic rings. The van der Waals surface area contributed by atoms with E-state index in [1.54, 1.807) is 0 Å². The Bertz CT molecular complexity index is 1570. The molecule has 29 heteroatoms. The summed E-state index contributed by atoms with van der Waals surface area (Å²) < 4.78 is 73.2. The van der Waals surface area contributed by atoms with Crippen LogP contribution >= 0.6 is 0 Å². The molecule has 6 fully saturated rings. The molecule has 0 spiro atoms. The topological polar surface area (TPSA) is 441 Å². The van der Waals surface area contributed by atoms with E-state index in [2.05, 4.69) is 0 Å². The lowest BCUT2D eigenvalue weighted by Crippen LogP contribution is -2.68. The number of ether oxygens (including phenoxy) is 13. The molecule has 6 heterocycles. The highest BCUT2D eigenvalue weighted by molar-refractivity contribution is 5.73. The van der Waals surface area contributed by atoms with Crippen LogP contribution < -0.4 is 0 Å². The van der Waals surface area contributed by atoms with Crippen LogP contribution in [0.1, 0.15) is 20.8 Å². The van der Waals surface area contributed by atoms with Gasteiger partial charge in [-0.25, -0.2) is 4.79 Å². The quantitative estimate of drug-likeness (QED) is 0.0724. The second-order valence-electron chi connectivity index (χ2n) is 17.2. The van der Waals surface area contributed by atoms with Gasteiger partial charge < -0.3 is 138 Å². The first kappa shape index (κ1) is 54.7. The summed E-state index contributed by atoms with van der Waals surface area (Å²) in [5.41, 5.74) is 0. The zero-order valence-corrected chi connectivity index (χ0v) is 36.7. The molecule has 6 saturated heterocycles. The number of hydrogen-bond donors (Lipinski definition) is 15. The molecule has 0 radical (unpaired) electrons. The predicted molar refractivity (Wildman–Crippen MR) is 205 cm³/mol. The van der Waals surface area contributed by atoms with Crippen LogP contribution in [-0.4, -0.2) is 294 Å². The Morgan fingerprint density at radius 3 is 1.33 bits per heavy atom. The fraction of sp³-hybridized carbons (Fsp3) is 0.974. The minimum absolute atomic E-state index is 0.860. The van der Waals surface area contributed by atoms with Crippen LogP contribution in [-0.2, 0) is 66.4 Å². The Kier molecular flexibility index (Phi) is 18.7. The van der Waals surface area contributed by atoms with E-state index in [0.717, 1.165) is 7.11 Å². The van der Waals surface area contributed by atoms with Crippen molar-refractivity contribution in [2.75, 3.05) is 27.4 Å². The summed E-state index contributed by atoms with van der Waals surface area (Å²) in [6, 6.07) is 0. The molecule has 30 atom stereocenters. The van der Waals surface area contributed by atoms with Crippen LogP contribution in [0, 0.1) is 0 Å². The summed E-state index contributed by atoms with van der Waals surface area (Å²) in [4.78, 5) is 12.8. The maximum atomic E-state index is 12.8. The lowest BCUT2D eigenvalue weighted by Gasteiger charge is -2.50. The molecule has 67 heavy (non-hydrogen) atoms. The largest absolute Gasteiger partial charge is 0.479 e. The standard InChI is InChI=1S/C38H64O29/c1-8-13(41)17(45)21(49)33(57-8)67-31-27(16(44)12(7-40)61-37(31)56-5)63-35-23(51)20(48)28(30(66-35)32(53)54)64-38-29(18(46)14(42)9(2)58-38)65-36-24(52)26(15(43)11(6-39)60-36)62-34-22(50)19(47)25(55-4)10(3)59-34/h8-31,33-52H,6-7H2,1-5H3,(H,53,54)/t8?,9?,10?,11?,12?,13?,14?,15?,16?,17?,18?,19?,20-,21+,22+,23?,24+,25?,26?,27+,28?,29+,30?,31?,33?,34?,35?,36?,37?,38?/m1/s1. The third kappa shape index (κ3) is 11.1. The summed E-state index contributed by atoms with van der Waals surface area (Å²) >= 11 is 0. The van der Waals surface area contributed by atoms with E-state index < -0.39 is 203 Å². The van der Waals surface area contributed by atoms with Crippen molar-refractivity contribution in [2.45, 2.75) is 205 Å². The normalized spacial score (nSPS) is 53.3. The Hall–Kier alpha value is -1.61. The third-order valence-corrected chi connectivity index (χ3v) is 12.7. The molecule has 0 amide bonds. The summed E-state index contributed by atoms with van der Waals surface area (Å²) in [6.07, 6.45) is -53.5. The number of carbonyl (C=O) groups is 1.